The molecule has 1 aliphatic rings. The Kier molecular flexibility index (Phi) is 5.30. The number of ether oxygens (including phenoxy) is 2. The van der Waals surface area contributed by atoms with E-state index < -0.39 is 0 Å². The van der Waals surface area contributed by atoms with Gasteiger partial charge in [-0.1, -0.05) is 30.3 Å². The van der Waals surface area contributed by atoms with Crippen LogP contribution in [-0.2, 0) is 6.42 Å². The number of imidazole rings is 1. The highest BCUT2D eigenvalue weighted by Crippen LogP contribution is 2.38. The topological polar surface area (TPSA) is 39.5 Å². The molecule has 1 unspecified atom stereocenters. The molecule has 28 heavy (non-hydrogen) atoms. The van der Waals surface area contributed by atoms with E-state index in [1.54, 1.807) is 26.7 Å². The minimum Gasteiger partial charge on any atom is -0.493 e. The average molecular weight is 394 g/mol. The molecular formula is C22H23N3O2S. The van der Waals surface area contributed by atoms with Gasteiger partial charge in [-0.3, -0.25) is 4.57 Å². The van der Waals surface area contributed by atoms with Gasteiger partial charge in [-0.05, 0) is 47.5 Å². The van der Waals surface area contributed by atoms with Crippen LogP contribution in [-0.4, -0.2) is 46.9 Å². The van der Waals surface area contributed by atoms with Crippen LogP contribution >= 0.6 is 12.2 Å². The predicted molar refractivity (Wildman–Crippen MR) is 113 cm³/mol. The number of rotatable bonds is 3. The van der Waals surface area contributed by atoms with E-state index >= 15 is 0 Å². The van der Waals surface area contributed by atoms with E-state index in [9.17, 15) is 0 Å². The Morgan fingerprint density at radius 1 is 1.11 bits per heavy atom. The summed E-state index contributed by atoms with van der Waals surface area (Å²) in [5.74, 6) is 1.70. The second-order valence-electron chi connectivity index (χ2n) is 6.82. The van der Waals surface area contributed by atoms with Crippen molar-refractivity contribution < 1.29 is 9.47 Å². The highest BCUT2D eigenvalue weighted by molar-refractivity contribution is 7.80. The summed E-state index contributed by atoms with van der Waals surface area (Å²) in [5, 5.41) is 0.769. The molecule has 0 spiro atoms. The van der Waals surface area contributed by atoms with E-state index in [-0.39, 0.29) is 5.92 Å². The highest BCUT2D eigenvalue weighted by Gasteiger charge is 2.28. The van der Waals surface area contributed by atoms with Crippen molar-refractivity contribution in [1.29, 1.82) is 0 Å². The van der Waals surface area contributed by atoms with Crippen molar-refractivity contribution in [2.45, 2.75) is 12.3 Å². The summed E-state index contributed by atoms with van der Waals surface area (Å²) in [5.41, 5.74) is 3.79. The minimum absolute atomic E-state index is 0.181. The predicted octanol–water partition coefficient (Wildman–Crippen LogP) is 3.72. The molecule has 0 fully saturated rings. The Bertz CT molecular complexity index is 957. The molecule has 144 valence electrons. The third kappa shape index (κ3) is 3.47. The summed E-state index contributed by atoms with van der Waals surface area (Å²) in [4.78, 5) is 6.40. The summed E-state index contributed by atoms with van der Waals surface area (Å²) < 4.78 is 13.0. The summed E-state index contributed by atoms with van der Waals surface area (Å²) in [7, 11) is 3.36. The van der Waals surface area contributed by atoms with Gasteiger partial charge in [-0.2, -0.15) is 0 Å². The zero-order valence-electron chi connectivity index (χ0n) is 16.0. The number of nitrogens with zero attached hydrogens (tertiary/aromatic N) is 3. The normalized spacial score (nSPS) is 16.2. The van der Waals surface area contributed by atoms with Crippen LogP contribution in [0.5, 0.6) is 11.5 Å². The Hall–Kier alpha value is -2.86. The van der Waals surface area contributed by atoms with Gasteiger partial charge in [0.05, 0.1) is 14.2 Å². The van der Waals surface area contributed by atoms with Crippen molar-refractivity contribution in [3.05, 3.63) is 77.9 Å². The standard InChI is InChI=1S/C22H23N3O2S/c1-26-20-12-17-8-10-24(22(28)25-11-9-23-15-25)14-19(16-6-4-3-5-7-16)18(17)13-21(20)27-2/h3-7,9,11-13,15,19H,8,10,14H2,1-2H3. The Morgan fingerprint density at radius 2 is 1.86 bits per heavy atom. The van der Waals surface area contributed by atoms with Crippen LogP contribution in [0.2, 0.25) is 0 Å². The lowest BCUT2D eigenvalue weighted by Crippen LogP contribution is -2.37. The van der Waals surface area contributed by atoms with Crippen LogP contribution < -0.4 is 9.47 Å². The quantitative estimate of drug-likeness (QED) is 0.634. The Labute approximate surface area is 170 Å². The van der Waals surface area contributed by atoms with Crippen LogP contribution in [0.15, 0.2) is 61.2 Å². The average Bonchev–Trinajstić information content (AvgIpc) is 3.22. The van der Waals surface area contributed by atoms with E-state index in [2.05, 4.69) is 46.3 Å². The van der Waals surface area contributed by atoms with Crippen molar-refractivity contribution in [2.24, 2.45) is 0 Å². The number of thiocarbonyl (C=S) groups is 1. The molecule has 0 amide bonds. The van der Waals surface area contributed by atoms with Crippen LogP contribution in [0.3, 0.4) is 0 Å². The lowest BCUT2D eigenvalue weighted by Gasteiger charge is -2.28. The minimum atomic E-state index is 0.181. The first-order valence-corrected chi connectivity index (χ1v) is 9.69. The van der Waals surface area contributed by atoms with Crippen molar-refractivity contribution in [2.75, 3.05) is 27.3 Å². The SMILES string of the molecule is COc1cc2c(cc1OC)C(c1ccccc1)CN(C(=S)n1ccnc1)CC2. The first kappa shape index (κ1) is 18.5. The third-order valence-corrected chi connectivity index (χ3v) is 5.74. The number of aromatic nitrogens is 2. The molecule has 0 N–H and O–H groups in total. The van der Waals surface area contributed by atoms with Crippen molar-refractivity contribution in [1.82, 2.24) is 14.5 Å². The zero-order chi connectivity index (χ0) is 19.5. The van der Waals surface area contributed by atoms with Gasteiger partial charge in [0.2, 0.25) is 0 Å². The van der Waals surface area contributed by atoms with Crippen LogP contribution in [0, 0.1) is 0 Å². The molecule has 2 heterocycles. The van der Waals surface area contributed by atoms with Crippen molar-refractivity contribution in [3.8, 4) is 11.5 Å². The first-order valence-electron chi connectivity index (χ1n) is 9.28. The van der Waals surface area contributed by atoms with E-state index in [1.165, 1.54) is 16.7 Å². The van der Waals surface area contributed by atoms with E-state index in [0.29, 0.717) is 0 Å². The van der Waals surface area contributed by atoms with E-state index in [4.69, 9.17) is 21.7 Å². The third-order valence-electron chi connectivity index (χ3n) is 5.27. The van der Waals surface area contributed by atoms with Gasteiger partial charge in [0, 0.05) is 31.4 Å². The Morgan fingerprint density at radius 3 is 2.54 bits per heavy atom. The second kappa shape index (κ2) is 8.02. The van der Waals surface area contributed by atoms with E-state index in [0.717, 1.165) is 36.1 Å². The zero-order valence-corrected chi connectivity index (χ0v) is 16.9. The summed E-state index contributed by atoms with van der Waals surface area (Å²) >= 11 is 5.76. The molecule has 2 aromatic carbocycles. The van der Waals surface area contributed by atoms with Crippen LogP contribution in [0.1, 0.15) is 22.6 Å². The number of hydrogen-bond acceptors (Lipinski definition) is 4. The first-order chi connectivity index (χ1) is 13.7. The summed E-state index contributed by atoms with van der Waals surface area (Å²) in [6, 6.07) is 14.8. The fraction of sp³-hybridized carbons (Fsp3) is 0.273. The number of fused-ring (bicyclic) bond motifs is 1. The van der Waals surface area contributed by atoms with Crippen molar-refractivity contribution >= 4 is 17.3 Å². The summed E-state index contributed by atoms with van der Waals surface area (Å²) in [6.45, 7) is 1.63. The maximum absolute atomic E-state index is 5.76. The molecule has 0 radical (unpaired) electrons. The van der Waals surface area contributed by atoms with Gasteiger partial charge in [0.15, 0.2) is 16.6 Å². The van der Waals surface area contributed by atoms with Gasteiger partial charge >= 0.3 is 0 Å². The molecule has 0 saturated heterocycles. The molecule has 5 nitrogen and oxygen atoms in total. The maximum Gasteiger partial charge on any atom is 0.181 e. The van der Waals surface area contributed by atoms with E-state index in [1.807, 2.05) is 16.8 Å². The number of methoxy groups -OCH3 is 2. The fourth-order valence-corrected chi connectivity index (χ4v) is 4.10. The highest BCUT2D eigenvalue weighted by atomic mass is 32.1. The molecule has 1 atom stereocenters. The molecule has 6 heteroatoms. The maximum atomic E-state index is 5.76. The van der Waals surface area contributed by atoms with Gasteiger partial charge < -0.3 is 14.4 Å². The number of hydrogen-bond donors (Lipinski definition) is 0. The van der Waals surface area contributed by atoms with Crippen LogP contribution in [0.4, 0.5) is 0 Å². The smallest absolute Gasteiger partial charge is 0.181 e. The van der Waals surface area contributed by atoms with Gasteiger partial charge in [-0.25, -0.2) is 4.98 Å². The molecule has 1 aromatic heterocycles. The molecule has 0 aliphatic carbocycles. The van der Waals surface area contributed by atoms with Crippen LogP contribution in [0.25, 0.3) is 0 Å². The molecule has 0 saturated carbocycles. The largest absolute Gasteiger partial charge is 0.493 e. The second-order valence-corrected chi connectivity index (χ2v) is 7.18. The Balaban J connectivity index is 1.78. The number of benzene rings is 2. The summed E-state index contributed by atoms with van der Waals surface area (Å²) in [6.07, 6.45) is 6.28. The molecule has 3 aromatic rings. The van der Waals surface area contributed by atoms with Crippen molar-refractivity contribution in [3.63, 3.8) is 0 Å². The molecule has 4 rings (SSSR count). The lowest BCUT2D eigenvalue weighted by molar-refractivity contribution is 0.354. The molecule has 1 aliphatic heterocycles. The van der Waals surface area contributed by atoms with Gasteiger partial charge in [-0.15, -0.1) is 0 Å². The molecule has 0 bridgehead atoms. The monoisotopic (exact) mass is 393 g/mol. The van der Waals surface area contributed by atoms with Gasteiger partial charge in [0.1, 0.15) is 6.33 Å². The fourth-order valence-electron chi connectivity index (χ4n) is 3.82. The van der Waals surface area contributed by atoms with Gasteiger partial charge in [0.25, 0.3) is 0 Å². The molecular weight excluding hydrogens is 370 g/mol. The lowest BCUT2D eigenvalue weighted by atomic mass is 9.87.